The molecule has 0 fully saturated rings. The first-order valence-corrected chi connectivity index (χ1v) is 5.52. The smallest absolute Gasteiger partial charge is 0.375 e. The van der Waals surface area contributed by atoms with Crippen LogP contribution in [-0.4, -0.2) is 12.8 Å². The van der Waals surface area contributed by atoms with E-state index in [4.69, 9.17) is 10.00 Å². The van der Waals surface area contributed by atoms with Gasteiger partial charge in [0.1, 0.15) is 0 Å². The van der Waals surface area contributed by atoms with Crippen molar-refractivity contribution in [3.05, 3.63) is 34.3 Å². The molecule has 1 aromatic carbocycles. The molecule has 1 atom stereocenters. The molecule has 0 aromatic heterocycles. The minimum absolute atomic E-state index is 0.0374. The lowest BCUT2D eigenvalue weighted by Crippen LogP contribution is -2.25. The largest absolute Gasteiger partial charge is 0.406 e. The molecule has 0 amide bonds. The first-order valence-electron chi connectivity index (χ1n) is 4.72. The fourth-order valence-corrected chi connectivity index (χ4v) is 1.51. The average molecular weight is 308 g/mol. The molecule has 17 heavy (non-hydrogen) atoms. The Balaban J connectivity index is 2.48. The molecule has 0 spiro atoms. The van der Waals surface area contributed by atoms with Crippen LogP contribution < -0.4 is 0 Å². The van der Waals surface area contributed by atoms with Gasteiger partial charge in [-0.2, -0.15) is 18.4 Å². The third-order valence-electron chi connectivity index (χ3n) is 2.05. The molecule has 0 N–H and O–H groups in total. The number of nitrogens with zero attached hydrogens (tertiary/aromatic N) is 1. The molecule has 0 saturated heterocycles. The highest BCUT2D eigenvalue weighted by Crippen LogP contribution is 2.26. The van der Waals surface area contributed by atoms with Gasteiger partial charge >= 0.3 is 6.18 Å². The van der Waals surface area contributed by atoms with Crippen LogP contribution in [0.2, 0.25) is 0 Å². The Morgan fingerprint density at radius 1 is 1.35 bits per heavy atom. The number of hydrogen-bond donors (Lipinski definition) is 0. The van der Waals surface area contributed by atoms with Crippen LogP contribution in [0.1, 0.15) is 5.56 Å². The molecule has 0 bridgehead atoms. The normalized spacial score (nSPS) is 13.1. The molecule has 0 aliphatic rings. The van der Waals surface area contributed by atoms with E-state index in [0.717, 1.165) is 10.0 Å². The summed E-state index contributed by atoms with van der Waals surface area (Å²) < 4.78 is 42.3. The van der Waals surface area contributed by atoms with Crippen molar-refractivity contribution in [2.24, 2.45) is 5.92 Å². The van der Waals surface area contributed by atoms with Crippen molar-refractivity contribution in [2.75, 3.05) is 6.61 Å². The van der Waals surface area contributed by atoms with E-state index in [2.05, 4.69) is 15.9 Å². The molecule has 6 heteroatoms. The van der Waals surface area contributed by atoms with Crippen molar-refractivity contribution in [1.82, 2.24) is 0 Å². The van der Waals surface area contributed by atoms with Gasteiger partial charge in [-0.3, -0.25) is 0 Å². The first-order chi connectivity index (χ1) is 7.95. The molecule has 0 aliphatic carbocycles. The SMILES string of the molecule is N#CC(COCc1ccccc1Br)C(F)(F)F. The van der Waals surface area contributed by atoms with E-state index in [-0.39, 0.29) is 6.61 Å². The summed E-state index contributed by atoms with van der Waals surface area (Å²) in [6, 6.07) is 8.24. The lowest BCUT2D eigenvalue weighted by molar-refractivity contribution is -0.172. The summed E-state index contributed by atoms with van der Waals surface area (Å²) in [7, 11) is 0. The zero-order valence-electron chi connectivity index (χ0n) is 8.67. The Morgan fingerprint density at radius 3 is 2.53 bits per heavy atom. The van der Waals surface area contributed by atoms with E-state index in [0.29, 0.717) is 0 Å². The first kappa shape index (κ1) is 14.0. The summed E-state index contributed by atoms with van der Waals surface area (Å²) in [5, 5.41) is 8.35. The zero-order valence-corrected chi connectivity index (χ0v) is 10.3. The van der Waals surface area contributed by atoms with Crippen molar-refractivity contribution in [3.63, 3.8) is 0 Å². The summed E-state index contributed by atoms with van der Waals surface area (Å²) in [6.07, 6.45) is -4.54. The van der Waals surface area contributed by atoms with E-state index in [1.54, 1.807) is 24.3 Å². The second-order valence-electron chi connectivity index (χ2n) is 3.33. The summed E-state index contributed by atoms with van der Waals surface area (Å²) in [5.74, 6) is -2.08. The van der Waals surface area contributed by atoms with Gasteiger partial charge in [-0.1, -0.05) is 34.1 Å². The maximum atomic E-state index is 12.2. The summed E-state index contributed by atoms with van der Waals surface area (Å²) in [5.41, 5.74) is 0.742. The standard InChI is InChI=1S/C11H9BrF3NO/c12-10-4-2-1-3-8(10)6-17-7-9(5-16)11(13,14)15/h1-4,9H,6-7H2. The third kappa shape index (κ3) is 4.36. The molecule has 2 nitrogen and oxygen atoms in total. The number of benzene rings is 1. The highest BCUT2D eigenvalue weighted by molar-refractivity contribution is 9.10. The molecule has 92 valence electrons. The summed E-state index contributed by atoms with van der Waals surface area (Å²) >= 11 is 3.25. The Hall–Kier alpha value is -1.06. The van der Waals surface area contributed by atoms with Crippen LogP contribution in [0.3, 0.4) is 0 Å². The van der Waals surface area contributed by atoms with Gasteiger partial charge in [0, 0.05) is 4.47 Å². The monoisotopic (exact) mass is 307 g/mol. The number of nitriles is 1. The number of alkyl halides is 3. The van der Waals surface area contributed by atoms with E-state index in [1.807, 2.05) is 0 Å². The van der Waals surface area contributed by atoms with Gasteiger partial charge in [0.15, 0.2) is 5.92 Å². The number of halogens is 4. The second kappa shape index (κ2) is 6.03. The van der Waals surface area contributed by atoms with Crippen LogP contribution in [0.15, 0.2) is 28.7 Å². The second-order valence-corrected chi connectivity index (χ2v) is 4.18. The van der Waals surface area contributed by atoms with Gasteiger partial charge in [0.2, 0.25) is 0 Å². The van der Waals surface area contributed by atoms with Crippen molar-refractivity contribution in [1.29, 1.82) is 5.26 Å². The summed E-state index contributed by atoms with van der Waals surface area (Å²) in [6.45, 7) is -0.614. The molecule has 0 heterocycles. The predicted molar refractivity (Wildman–Crippen MR) is 59.0 cm³/mol. The highest BCUT2D eigenvalue weighted by atomic mass is 79.9. The van der Waals surface area contributed by atoms with E-state index in [1.165, 1.54) is 6.07 Å². The van der Waals surface area contributed by atoms with E-state index < -0.39 is 18.7 Å². The Bertz CT molecular complexity index is 414. The lowest BCUT2D eigenvalue weighted by atomic mass is 10.2. The zero-order chi connectivity index (χ0) is 12.9. The van der Waals surface area contributed by atoms with Crippen LogP contribution in [0, 0.1) is 17.2 Å². The van der Waals surface area contributed by atoms with Gasteiger partial charge in [0.05, 0.1) is 19.3 Å². The Kier molecular flexibility index (Phi) is 4.97. The average Bonchev–Trinajstić information content (AvgIpc) is 2.25. The van der Waals surface area contributed by atoms with Crippen molar-refractivity contribution < 1.29 is 17.9 Å². The van der Waals surface area contributed by atoms with Crippen LogP contribution in [0.25, 0.3) is 0 Å². The Morgan fingerprint density at radius 2 is 2.00 bits per heavy atom. The van der Waals surface area contributed by atoms with Crippen molar-refractivity contribution in [2.45, 2.75) is 12.8 Å². The molecule has 1 rings (SSSR count). The molecule has 0 radical (unpaired) electrons. The minimum Gasteiger partial charge on any atom is -0.375 e. The molecule has 0 saturated carbocycles. The van der Waals surface area contributed by atoms with E-state index >= 15 is 0 Å². The molecular weight excluding hydrogens is 299 g/mol. The van der Waals surface area contributed by atoms with Crippen molar-refractivity contribution in [3.8, 4) is 6.07 Å². The number of hydrogen-bond acceptors (Lipinski definition) is 2. The fourth-order valence-electron chi connectivity index (χ4n) is 1.11. The van der Waals surface area contributed by atoms with Gasteiger partial charge in [-0.05, 0) is 11.6 Å². The minimum atomic E-state index is -4.54. The molecule has 1 unspecified atom stereocenters. The van der Waals surface area contributed by atoms with E-state index in [9.17, 15) is 13.2 Å². The number of rotatable bonds is 4. The topological polar surface area (TPSA) is 33.0 Å². The maximum Gasteiger partial charge on any atom is 0.406 e. The predicted octanol–water partition coefficient (Wildman–Crippen LogP) is 3.67. The maximum absolute atomic E-state index is 12.2. The van der Waals surface area contributed by atoms with Crippen LogP contribution in [0.5, 0.6) is 0 Å². The molecule has 1 aromatic rings. The Labute approximate surface area is 105 Å². The van der Waals surface area contributed by atoms with Gasteiger partial charge < -0.3 is 4.74 Å². The van der Waals surface area contributed by atoms with Gasteiger partial charge in [-0.25, -0.2) is 0 Å². The van der Waals surface area contributed by atoms with Crippen LogP contribution in [-0.2, 0) is 11.3 Å². The van der Waals surface area contributed by atoms with Crippen LogP contribution >= 0.6 is 15.9 Å². The van der Waals surface area contributed by atoms with Gasteiger partial charge in [-0.15, -0.1) is 0 Å². The lowest BCUT2D eigenvalue weighted by Gasteiger charge is -2.13. The number of ether oxygens (including phenoxy) is 1. The van der Waals surface area contributed by atoms with Crippen LogP contribution in [0.4, 0.5) is 13.2 Å². The quantitative estimate of drug-likeness (QED) is 0.850. The molecule has 0 aliphatic heterocycles. The molecular formula is C11H9BrF3NO. The summed E-state index contributed by atoms with van der Waals surface area (Å²) in [4.78, 5) is 0. The fraction of sp³-hybridized carbons (Fsp3) is 0.364. The van der Waals surface area contributed by atoms with Gasteiger partial charge in [0.25, 0.3) is 0 Å². The third-order valence-corrected chi connectivity index (χ3v) is 2.82. The van der Waals surface area contributed by atoms with Crippen molar-refractivity contribution >= 4 is 15.9 Å². The highest BCUT2D eigenvalue weighted by Gasteiger charge is 2.40.